The molecule has 0 radical (unpaired) electrons. The lowest BCUT2D eigenvalue weighted by Crippen LogP contribution is -2.52. The van der Waals surface area contributed by atoms with Crippen LogP contribution in [-0.2, 0) is 6.42 Å². The molecule has 16 heavy (non-hydrogen) atoms. The Hall–Kier alpha value is -1.03. The first kappa shape index (κ1) is 10.1. The van der Waals surface area contributed by atoms with Gasteiger partial charge in [0.05, 0.1) is 0 Å². The van der Waals surface area contributed by atoms with Crippen molar-refractivity contribution in [2.75, 3.05) is 19.6 Å². The van der Waals surface area contributed by atoms with E-state index in [1.807, 2.05) is 6.07 Å². The predicted octanol–water partition coefficient (Wildman–Crippen LogP) is 1.71. The van der Waals surface area contributed by atoms with E-state index in [1.54, 1.807) is 0 Å². The first-order valence-corrected chi connectivity index (χ1v) is 6.19. The highest BCUT2D eigenvalue weighted by atomic mass is 16.5. The summed E-state index contributed by atoms with van der Waals surface area (Å²) >= 11 is 0. The maximum absolute atomic E-state index is 5.93. The van der Waals surface area contributed by atoms with Gasteiger partial charge in [-0.3, -0.25) is 4.90 Å². The molecule has 0 aliphatic carbocycles. The van der Waals surface area contributed by atoms with E-state index < -0.39 is 0 Å². The smallest absolute Gasteiger partial charge is 0.254 e. The van der Waals surface area contributed by atoms with Crippen molar-refractivity contribution < 1.29 is 9.26 Å². The van der Waals surface area contributed by atoms with Crippen LogP contribution in [0.1, 0.15) is 25.5 Å². The molecule has 0 N–H and O–H groups in total. The summed E-state index contributed by atoms with van der Waals surface area (Å²) in [6, 6.07) is 1.91. The molecule has 2 bridgehead atoms. The minimum atomic E-state index is 0.317. The molecular weight excluding hydrogens is 204 g/mol. The summed E-state index contributed by atoms with van der Waals surface area (Å²) in [6.45, 7) is 5.59. The van der Waals surface area contributed by atoms with E-state index >= 15 is 0 Å². The van der Waals surface area contributed by atoms with Gasteiger partial charge in [0.2, 0.25) is 0 Å². The Morgan fingerprint density at radius 3 is 2.88 bits per heavy atom. The van der Waals surface area contributed by atoms with Gasteiger partial charge >= 0.3 is 0 Å². The fraction of sp³-hybridized carbons (Fsp3) is 0.750. The molecule has 1 aromatic rings. The fourth-order valence-corrected chi connectivity index (χ4v) is 2.72. The van der Waals surface area contributed by atoms with Gasteiger partial charge in [0.25, 0.3) is 5.88 Å². The van der Waals surface area contributed by atoms with E-state index in [-0.39, 0.29) is 0 Å². The highest BCUT2D eigenvalue weighted by molar-refractivity contribution is 5.12. The second kappa shape index (κ2) is 4.09. The van der Waals surface area contributed by atoms with Crippen LogP contribution in [0.5, 0.6) is 5.88 Å². The third kappa shape index (κ3) is 1.82. The molecule has 4 nitrogen and oxygen atoms in total. The van der Waals surface area contributed by atoms with Crippen LogP contribution < -0.4 is 4.74 Å². The zero-order valence-electron chi connectivity index (χ0n) is 9.69. The van der Waals surface area contributed by atoms with Crippen molar-refractivity contribution in [2.24, 2.45) is 5.92 Å². The van der Waals surface area contributed by atoms with Crippen LogP contribution in [0, 0.1) is 5.92 Å². The summed E-state index contributed by atoms with van der Waals surface area (Å²) in [7, 11) is 0. The van der Waals surface area contributed by atoms with Crippen LogP contribution in [0.3, 0.4) is 0 Å². The van der Waals surface area contributed by atoms with Crippen molar-refractivity contribution in [1.82, 2.24) is 10.1 Å². The standard InChI is InChI=1S/C12H18N2O2/c1-2-10-7-12(13-16-10)15-11-8-14-5-3-9(11)4-6-14/h7,9,11H,2-6,8H2,1H3. The van der Waals surface area contributed by atoms with E-state index in [0.29, 0.717) is 17.9 Å². The summed E-state index contributed by atoms with van der Waals surface area (Å²) in [5, 5.41) is 3.95. The van der Waals surface area contributed by atoms with Gasteiger partial charge in [-0.05, 0) is 37.0 Å². The van der Waals surface area contributed by atoms with Crippen molar-refractivity contribution in [3.05, 3.63) is 11.8 Å². The number of aromatic nitrogens is 1. The largest absolute Gasteiger partial charge is 0.471 e. The van der Waals surface area contributed by atoms with Gasteiger partial charge in [-0.25, -0.2) is 0 Å². The average Bonchev–Trinajstić information content (AvgIpc) is 2.78. The van der Waals surface area contributed by atoms with Crippen molar-refractivity contribution in [2.45, 2.75) is 32.3 Å². The predicted molar refractivity (Wildman–Crippen MR) is 59.5 cm³/mol. The molecule has 3 aliphatic heterocycles. The Bertz CT molecular complexity index is 356. The Labute approximate surface area is 95.5 Å². The zero-order chi connectivity index (χ0) is 11.0. The molecule has 0 saturated carbocycles. The molecule has 0 amide bonds. The summed E-state index contributed by atoms with van der Waals surface area (Å²) in [4.78, 5) is 2.48. The molecule has 3 saturated heterocycles. The van der Waals surface area contributed by atoms with E-state index in [9.17, 15) is 0 Å². The topological polar surface area (TPSA) is 38.5 Å². The monoisotopic (exact) mass is 222 g/mol. The molecule has 1 atom stereocenters. The lowest BCUT2D eigenvalue weighted by atomic mass is 9.86. The maximum Gasteiger partial charge on any atom is 0.254 e. The van der Waals surface area contributed by atoms with Crippen LogP contribution in [0.4, 0.5) is 0 Å². The number of hydrogen-bond donors (Lipinski definition) is 0. The molecule has 88 valence electrons. The van der Waals surface area contributed by atoms with Gasteiger partial charge in [-0.2, -0.15) is 0 Å². The number of nitrogens with zero attached hydrogens (tertiary/aromatic N) is 2. The summed E-state index contributed by atoms with van der Waals surface area (Å²) in [5.74, 6) is 2.28. The van der Waals surface area contributed by atoms with Gasteiger partial charge in [0, 0.05) is 19.0 Å². The van der Waals surface area contributed by atoms with E-state index in [2.05, 4.69) is 17.0 Å². The second-order valence-electron chi connectivity index (χ2n) is 4.78. The number of fused-ring (bicyclic) bond motifs is 3. The number of ether oxygens (including phenoxy) is 1. The van der Waals surface area contributed by atoms with Crippen molar-refractivity contribution >= 4 is 0 Å². The van der Waals surface area contributed by atoms with E-state index in [0.717, 1.165) is 18.7 Å². The number of rotatable bonds is 3. The molecule has 3 aliphatic rings. The van der Waals surface area contributed by atoms with Crippen LogP contribution in [0.15, 0.2) is 10.6 Å². The molecule has 4 heteroatoms. The van der Waals surface area contributed by atoms with E-state index in [4.69, 9.17) is 9.26 Å². The van der Waals surface area contributed by atoms with Gasteiger partial charge in [0.15, 0.2) is 0 Å². The lowest BCUT2D eigenvalue weighted by Gasteiger charge is -2.43. The molecule has 1 unspecified atom stereocenters. The van der Waals surface area contributed by atoms with Gasteiger partial charge < -0.3 is 9.26 Å². The molecule has 4 heterocycles. The van der Waals surface area contributed by atoms with Crippen molar-refractivity contribution in [3.63, 3.8) is 0 Å². The number of hydrogen-bond acceptors (Lipinski definition) is 4. The number of piperidine rings is 3. The van der Waals surface area contributed by atoms with Crippen LogP contribution in [0.25, 0.3) is 0 Å². The molecular formula is C12H18N2O2. The molecule has 0 spiro atoms. The van der Waals surface area contributed by atoms with Gasteiger partial charge in [0.1, 0.15) is 11.9 Å². The quantitative estimate of drug-likeness (QED) is 0.780. The van der Waals surface area contributed by atoms with Crippen molar-refractivity contribution in [3.8, 4) is 5.88 Å². The third-order valence-corrected chi connectivity index (χ3v) is 3.75. The van der Waals surface area contributed by atoms with Crippen LogP contribution in [0.2, 0.25) is 0 Å². The molecule has 1 aromatic heterocycles. The highest BCUT2D eigenvalue weighted by Crippen LogP contribution is 2.30. The summed E-state index contributed by atoms with van der Waals surface area (Å²) in [5.41, 5.74) is 0. The zero-order valence-corrected chi connectivity index (χ0v) is 9.69. The summed E-state index contributed by atoms with van der Waals surface area (Å²) in [6.07, 6.45) is 3.72. The molecule has 4 rings (SSSR count). The van der Waals surface area contributed by atoms with Crippen molar-refractivity contribution in [1.29, 1.82) is 0 Å². The van der Waals surface area contributed by atoms with Gasteiger partial charge in [-0.15, -0.1) is 0 Å². The minimum absolute atomic E-state index is 0.317. The Morgan fingerprint density at radius 2 is 2.31 bits per heavy atom. The normalized spacial score (nSPS) is 32.9. The molecule has 3 fully saturated rings. The molecule has 0 aromatic carbocycles. The highest BCUT2D eigenvalue weighted by Gasteiger charge is 2.35. The SMILES string of the molecule is CCc1cc(OC2CN3CCC2CC3)no1. The number of aryl methyl sites for hydroxylation is 1. The van der Waals surface area contributed by atoms with Crippen LogP contribution in [-0.4, -0.2) is 35.8 Å². The summed E-state index contributed by atoms with van der Waals surface area (Å²) < 4.78 is 11.1. The first-order valence-electron chi connectivity index (χ1n) is 6.19. The van der Waals surface area contributed by atoms with E-state index in [1.165, 1.54) is 25.9 Å². The van der Waals surface area contributed by atoms with Crippen LogP contribution >= 0.6 is 0 Å². The third-order valence-electron chi connectivity index (χ3n) is 3.75. The lowest BCUT2D eigenvalue weighted by molar-refractivity contribution is -0.0113. The fourth-order valence-electron chi connectivity index (χ4n) is 2.72. The Morgan fingerprint density at radius 1 is 1.50 bits per heavy atom. The maximum atomic E-state index is 5.93. The Kier molecular flexibility index (Phi) is 2.59. The van der Waals surface area contributed by atoms with Gasteiger partial charge in [-0.1, -0.05) is 6.92 Å². The Balaban J connectivity index is 1.66. The first-order chi connectivity index (χ1) is 7.85. The average molecular weight is 222 g/mol. The minimum Gasteiger partial charge on any atom is -0.471 e. The second-order valence-corrected chi connectivity index (χ2v) is 4.78.